The van der Waals surface area contributed by atoms with Gasteiger partial charge in [0.1, 0.15) is 5.75 Å². The van der Waals surface area contributed by atoms with Crippen LogP contribution in [-0.4, -0.2) is 23.2 Å². The molecule has 7 nitrogen and oxygen atoms in total. The Labute approximate surface area is 167 Å². The summed E-state index contributed by atoms with van der Waals surface area (Å²) in [5.74, 6) is 1.97. The lowest BCUT2D eigenvalue weighted by molar-refractivity contribution is -0.115. The molecule has 4 rings (SSSR count). The summed E-state index contributed by atoms with van der Waals surface area (Å²) in [5, 5.41) is 6.90. The van der Waals surface area contributed by atoms with E-state index in [1.807, 2.05) is 48.5 Å². The van der Waals surface area contributed by atoms with E-state index in [2.05, 4.69) is 15.5 Å². The van der Waals surface area contributed by atoms with E-state index in [-0.39, 0.29) is 12.3 Å². The lowest BCUT2D eigenvalue weighted by atomic mass is 10.1. The molecule has 0 aliphatic rings. The monoisotopic (exact) mass is 389 g/mol. The van der Waals surface area contributed by atoms with Crippen molar-refractivity contribution in [2.24, 2.45) is 0 Å². The van der Waals surface area contributed by atoms with Crippen LogP contribution in [0.25, 0.3) is 11.6 Å². The minimum Gasteiger partial charge on any atom is -0.497 e. The van der Waals surface area contributed by atoms with Crippen LogP contribution in [0.4, 0.5) is 5.69 Å². The number of benzene rings is 2. The fourth-order valence-corrected chi connectivity index (χ4v) is 2.95. The third kappa shape index (κ3) is 4.52. The van der Waals surface area contributed by atoms with E-state index >= 15 is 0 Å². The molecule has 146 valence electrons. The first kappa shape index (κ1) is 18.5. The highest BCUT2D eigenvalue weighted by molar-refractivity contribution is 5.93. The van der Waals surface area contributed by atoms with E-state index in [1.165, 1.54) is 0 Å². The standard InChI is InChI=1S/C22H19N3O4/c1-27-17-8-4-6-15(12-17)13-20(26)23-18-9-3-2-7-16(18)14-21-24-22(25-29-21)19-10-5-11-28-19/h2-12H,13-14H2,1H3,(H,23,26). The van der Waals surface area contributed by atoms with Gasteiger partial charge in [-0.15, -0.1) is 0 Å². The first-order chi connectivity index (χ1) is 14.2. The number of anilines is 1. The number of methoxy groups -OCH3 is 1. The number of nitrogens with one attached hydrogen (secondary N) is 1. The summed E-state index contributed by atoms with van der Waals surface area (Å²) in [4.78, 5) is 16.9. The molecular weight excluding hydrogens is 370 g/mol. The van der Waals surface area contributed by atoms with Crippen LogP contribution in [0.1, 0.15) is 17.0 Å². The van der Waals surface area contributed by atoms with Crippen molar-refractivity contribution in [2.75, 3.05) is 12.4 Å². The Hall–Kier alpha value is -3.87. The van der Waals surface area contributed by atoms with Gasteiger partial charge in [-0.25, -0.2) is 0 Å². The summed E-state index contributed by atoms with van der Waals surface area (Å²) in [6.45, 7) is 0. The largest absolute Gasteiger partial charge is 0.497 e. The molecule has 0 saturated carbocycles. The predicted octanol–water partition coefficient (Wildman–Crippen LogP) is 4.11. The molecule has 2 aromatic carbocycles. The number of hydrogen-bond acceptors (Lipinski definition) is 6. The lowest BCUT2D eigenvalue weighted by Gasteiger charge is -2.10. The van der Waals surface area contributed by atoms with Crippen LogP contribution in [0.3, 0.4) is 0 Å². The molecule has 2 heterocycles. The third-order valence-electron chi connectivity index (χ3n) is 4.34. The minimum atomic E-state index is -0.118. The number of amides is 1. The van der Waals surface area contributed by atoms with Crippen LogP contribution in [0.5, 0.6) is 5.75 Å². The molecule has 0 saturated heterocycles. The number of hydrogen-bond donors (Lipinski definition) is 1. The third-order valence-corrected chi connectivity index (χ3v) is 4.34. The summed E-state index contributed by atoms with van der Waals surface area (Å²) >= 11 is 0. The Morgan fingerprint density at radius 1 is 1.10 bits per heavy atom. The quantitative estimate of drug-likeness (QED) is 0.512. The zero-order chi connectivity index (χ0) is 20.1. The van der Waals surface area contributed by atoms with E-state index in [9.17, 15) is 4.79 Å². The molecule has 0 fully saturated rings. The number of carbonyl (C=O) groups excluding carboxylic acids is 1. The van der Waals surface area contributed by atoms with E-state index < -0.39 is 0 Å². The predicted molar refractivity (Wildman–Crippen MR) is 107 cm³/mol. The highest BCUT2D eigenvalue weighted by atomic mass is 16.5. The average Bonchev–Trinajstić information content (AvgIpc) is 3.41. The van der Waals surface area contributed by atoms with Crippen molar-refractivity contribution in [3.63, 3.8) is 0 Å². The van der Waals surface area contributed by atoms with Crippen LogP contribution in [-0.2, 0) is 17.6 Å². The smallest absolute Gasteiger partial charge is 0.238 e. The normalized spacial score (nSPS) is 10.7. The van der Waals surface area contributed by atoms with Gasteiger partial charge in [0.25, 0.3) is 0 Å². The van der Waals surface area contributed by atoms with Gasteiger partial charge in [-0.2, -0.15) is 4.98 Å². The van der Waals surface area contributed by atoms with Gasteiger partial charge >= 0.3 is 0 Å². The highest BCUT2D eigenvalue weighted by Gasteiger charge is 2.14. The van der Waals surface area contributed by atoms with Crippen molar-refractivity contribution < 1.29 is 18.5 Å². The van der Waals surface area contributed by atoms with Gasteiger partial charge in [0.2, 0.25) is 17.6 Å². The van der Waals surface area contributed by atoms with Crippen LogP contribution in [0.15, 0.2) is 75.9 Å². The minimum absolute atomic E-state index is 0.118. The molecule has 0 bridgehead atoms. The molecule has 0 atom stereocenters. The lowest BCUT2D eigenvalue weighted by Crippen LogP contribution is -2.15. The summed E-state index contributed by atoms with van der Waals surface area (Å²) in [5.41, 5.74) is 2.46. The van der Waals surface area contributed by atoms with Crippen molar-refractivity contribution >= 4 is 11.6 Å². The summed E-state index contributed by atoms with van der Waals surface area (Å²) < 4.78 is 15.8. The number of carbonyl (C=O) groups is 1. The first-order valence-electron chi connectivity index (χ1n) is 9.08. The fraction of sp³-hybridized carbons (Fsp3) is 0.136. The van der Waals surface area contributed by atoms with Gasteiger partial charge in [-0.3, -0.25) is 4.79 Å². The molecular formula is C22H19N3O4. The Morgan fingerprint density at radius 3 is 2.83 bits per heavy atom. The second kappa shape index (κ2) is 8.43. The SMILES string of the molecule is COc1cccc(CC(=O)Nc2ccccc2Cc2nc(-c3ccco3)no2)c1. The number of rotatable bonds is 7. The maximum Gasteiger partial charge on any atom is 0.238 e. The molecule has 29 heavy (non-hydrogen) atoms. The molecule has 1 amide bonds. The Bertz CT molecular complexity index is 1100. The van der Waals surface area contributed by atoms with Gasteiger partial charge in [0.15, 0.2) is 5.76 Å². The van der Waals surface area contributed by atoms with E-state index in [0.29, 0.717) is 29.6 Å². The van der Waals surface area contributed by atoms with E-state index in [0.717, 1.165) is 16.9 Å². The van der Waals surface area contributed by atoms with Crippen molar-refractivity contribution in [1.29, 1.82) is 0 Å². The topological polar surface area (TPSA) is 90.4 Å². The zero-order valence-corrected chi connectivity index (χ0v) is 15.8. The van der Waals surface area contributed by atoms with Crippen molar-refractivity contribution in [1.82, 2.24) is 10.1 Å². The number of nitrogens with zero attached hydrogens (tertiary/aromatic N) is 2. The molecule has 7 heteroatoms. The van der Waals surface area contributed by atoms with E-state index in [4.69, 9.17) is 13.7 Å². The molecule has 0 aliphatic heterocycles. The Balaban J connectivity index is 1.46. The highest BCUT2D eigenvalue weighted by Crippen LogP contribution is 2.22. The zero-order valence-electron chi connectivity index (χ0n) is 15.8. The van der Waals surface area contributed by atoms with Crippen molar-refractivity contribution in [3.05, 3.63) is 83.9 Å². The Kier molecular flexibility index (Phi) is 5.38. The maximum atomic E-state index is 12.5. The summed E-state index contributed by atoms with van der Waals surface area (Å²) in [6.07, 6.45) is 2.19. The van der Waals surface area contributed by atoms with Crippen molar-refractivity contribution in [3.8, 4) is 17.3 Å². The number of furan rings is 1. The molecule has 2 aromatic heterocycles. The average molecular weight is 389 g/mol. The van der Waals surface area contributed by atoms with Gasteiger partial charge in [-0.1, -0.05) is 35.5 Å². The van der Waals surface area contributed by atoms with Crippen LogP contribution < -0.4 is 10.1 Å². The van der Waals surface area contributed by atoms with Gasteiger partial charge < -0.3 is 19.0 Å². The van der Waals surface area contributed by atoms with Crippen molar-refractivity contribution in [2.45, 2.75) is 12.8 Å². The number of ether oxygens (including phenoxy) is 1. The molecule has 0 spiro atoms. The van der Waals surface area contributed by atoms with Crippen LogP contribution >= 0.6 is 0 Å². The summed E-state index contributed by atoms with van der Waals surface area (Å²) in [6, 6.07) is 18.5. The van der Waals surface area contributed by atoms with Crippen LogP contribution in [0, 0.1) is 0 Å². The van der Waals surface area contributed by atoms with E-state index in [1.54, 1.807) is 25.5 Å². The second-order valence-electron chi connectivity index (χ2n) is 6.40. The molecule has 0 unspecified atom stereocenters. The maximum absolute atomic E-state index is 12.5. The Morgan fingerprint density at radius 2 is 2.00 bits per heavy atom. The molecule has 0 radical (unpaired) electrons. The summed E-state index contributed by atoms with van der Waals surface area (Å²) in [7, 11) is 1.60. The number of para-hydroxylation sites is 1. The first-order valence-corrected chi connectivity index (χ1v) is 9.08. The molecule has 0 aliphatic carbocycles. The van der Waals surface area contributed by atoms with Gasteiger partial charge in [0, 0.05) is 5.69 Å². The van der Waals surface area contributed by atoms with Crippen LogP contribution in [0.2, 0.25) is 0 Å². The second-order valence-corrected chi connectivity index (χ2v) is 6.40. The van der Waals surface area contributed by atoms with Gasteiger partial charge in [0.05, 0.1) is 26.2 Å². The molecule has 4 aromatic rings. The molecule has 1 N–H and O–H groups in total. The van der Waals surface area contributed by atoms with Gasteiger partial charge in [-0.05, 0) is 41.5 Å². The fourth-order valence-electron chi connectivity index (χ4n) is 2.95. The number of aromatic nitrogens is 2.